The first-order valence-corrected chi connectivity index (χ1v) is 8.23. The van der Waals surface area contributed by atoms with Gasteiger partial charge in [-0.15, -0.1) is 11.3 Å². The number of anilines is 2. The van der Waals surface area contributed by atoms with Gasteiger partial charge in [-0.3, -0.25) is 4.79 Å². The highest BCUT2D eigenvalue weighted by Gasteiger charge is 2.12. The van der Waals surface area contributed by atoms with E-state index in [1.807, 2.05) is 33.8 Å². The molecule has 3 amide bonds. The van der Waals surface area contributed by atoms with Crippen molar-refractivity contribution in [3.8, 4) is 0 Å². The van der Waals surface area contributed by atoms with Crippen LogP contribution in [0, 0.1) is 13.8 Å². The predicted octanol–water partition coefficient (Wildman–Crippen LogP) is 4.15. The largest absolute Gasteiger partial charge is 0.336 e. The van der Waals surface area contributed by atoms with E-state index in [-0.39, 0.29) is 18.0 Å². The van der Waals surface area contributed by atoms with Gasteiger partial charge in [-0.25, -0.2) is 4.79 Å². The predicted molar refractivity (Wildman–Crippen MR) is 95.5 cm³/mol. The average Bonchev–Trinajstić information content (AvgIpc) is 2.79. The second-order valence-electron chi connectivity index (χ2n) is 5.61. The van der Waals surface area contributed by atoms with E-state index in [2.05, 4.69) is 16.0 Å². The molecule has 0 saturated carbocycles. The van der Waals surface area contributed by atoms with Gasteiger partial charge in [-0.2, -0.15) is 0 Å². The second-order valence-corrected chi connectivity index (χ2v) is 7.07. The molecule has 0 saturated heterocycles. The summed E-state index contributed by atoms with van der Waals surface area (Å²) >= 11 is 1.61. The zero-order valence-electron chi connectivity index (χ0n) is 13.7. The van der Waals surface area contributed by atoms with Crippen LogP contribution < -0.4 is 16.0 Å². The monoisotopic (exact) mass is 331 g/mol. The molecule has 0 fully saturated rings. The Morgan fingerprint density at radius 2 is 1.57 bits per heavy atom. The van der Waals surface area contributed by atoms with E-state index in [1.165, 1.54) is 0 Å². The topological polar surface area (TPSA) is 70.2 Å². The maximum Gasteiger partial charge on any atom is 0.319 e. The number of thiophene rings is 1. The minimum atomic E-state index is -0.249. The van der Waals surface area contributed by atoms with Crippen molar-refractivity contribution in [1.82, 2.24) is 5.32 Å². The van der Waals surface area contributed by atoms with Crippen molar-refractivity contribution in [1.29, 1.82) is 0 Å². The highest BCUT2D eigenvalue weighted by molar-refractivity contribution is 7.12. The van der Waals surface area contributed by atoms with Crippen molar-refractivity contribution in [3.63, 3.8) is 0 Å². The zero-order valence-corrected chi connectivity index (χ0v) is 14.5. The van der Waals surface area contributed by atoms with Gasteiger partial charge in [0.1, 0.15) is 0 Å². The Balaban J connectivity index is 1.98. The summed E-state index contributed by atoms with van der Waals surface area (Å²) in [6, 6.07) is 8.74. The van der Waals surface area contributed by atoms with Crippen LogP contribution in [0.4, 0.5) is 16.2 Å². The number of hydrogen-bond acceptors (Lipinski definition) is 3. The second kappa shape index (κ2) is 7.28. The average molecular weight is 331 g/mol. The Morgan fingerprint density at radius 3 is 2.04 bits per heavy atom. The Hall–Kier alpha value is -2.34. The highest BCUT2D eigenvalue weighted by Crippen LogP contribution is 2.22. The summed E-state index contributed by atoms with van der Waals surface area (Å²) in [7, 11) is 0. The molecular weight excluding hydrogens is 310 g/mol. The van der Waals surface area contributed by atoms with Gasteiger partial charge < -0.3 is 16.0 Å². The molecule has 23 heavy (non-hydrogen) atoms. The van der Waals surface area contributed by atoms with Gasteiger partial charge in [0.25, 0.3) is 5.91 Å². The number of amides is 3. The molecule has 122 valence electrons. The van der Waals surface area contributed by atoms with Crippen LogP contribution in [0.25, 0.3) is 0 Å². The van der Waals surface area contributed by atoms with E-state index in [0.29, 0.717) is 16.9 Å². The maximum atomic E-state index is 12.2. The van der Waals surface area contributed by atoms with Crippen LogP contribution in [0.1, 0.15) is 34.0 Å². The van der Waals surface area contributed by atoms with Crippen LogP contribution in [0.15, 0.2) is 30.3 Å². The minimum absolute atomic E-state index is 0.0749. The number of carbonyl (C=O) groups excluding carboxylic acids is 2. The summed E-state index contributed by atoms with van der Waals surface area (Å²) in [5.74, 6) is -0.120. The number of hydrogen-bond donors (Lipinski definition) is 3. The third-order valence-corrected chi connectivity index (χ3v) is 4.07. The molecule has 1 aromatic carbocycles. The molecule has 0 spiro atoms. The van der Waals surface area contributed by atoms with E-state index < -0.39 is 0 Å². The molecule has 5 nitrogen and oxygen atoms in total. The van der Waals surface area contributed by atoms with E-state index in [9.17, 15) is 9.59 Å². The molecule has 0 atom stereocenters. The van der Waals surface area contributed by atoms with Gasteiger partial charge in [-0.05, 0) is 58.0 Å². The van der Waals surface area contributed by atoms with Crippen LogP contribution in [-0.4, -0.2) is 18.0 Å². The van der Waals surface area contributed by atoms with Gasteiger partial charge >= 0.3 is 6.03 Å². The number of benzene rings is 1. The molecule has 3 N–H and O–H groups in total. The normalized spacial score (nSPS) is 10.5. The first-order valence-electron chi connectivity index (χ1n) is 7.41. The third kappa shape index (κ3) is 4.82. The van der Waals surface area contributed by atoms with Gasteiger partial charge in [0.2, 0.25) is 0 Å². The summed E-state index contributed by atoms with van der Waals surface area (Å²) in [6.07, 6.45) is 0. The first kappa shape index (κ1) is 17.0. The molecular formula is C17H21N3O2S. The summed E-state index contributed by atoms with van der Waals surface area (Å²) in [5, 5.41) is 8.35. The highest BCUT2D eigenvalue weighted by atomic mass is 32.1. The molecule has 1 heterocycles. The minimum Gasteiger partial charge on any atom is -0.336 e. The molecule has 0 aliphatic rings. The fourth-order valence-corrected chi connectivity index (χ4v) is 3.04. The summed E-state index contributed by atoms with van der Waals surface area (Å²) in [5.41, 5.74) is 2.06. The fourth-order valence-electron chi connectivity index (χ4n) is 2.12. The van der Waals surface area contributed by atoms with Crippen LogP contribution in [0.3, 0.4) is 0 Å². The van der Waals surface area contributed by atoms with Crippen LogP contribution in [0.2, 0.25) is 0 Å². The first-order chi connectivity index (χ1) is 10.8. The van der Waals surface area contributed by atoms with Gasteiger partial charge in [0, 0.05) is 27.2 Å². The van der Waals surface area contributed by atoms with E-state index in [1.54, 1.807) is 35.6 Å². The third-order valence-electron chi connectivity index (χ3n) is 3.11. The molecule has 2 aromatic rings. The number of nitrogens with one attached hydrogen (secondary N) is 3. The summed E-state index contributed by atoms with van der Waals surface area (Å²) in [4.78, 5) is 26.0. The van der Waals surface area contributed by atoms with E-state index >= 15 is 0 Å². The molecule has 1 aromatic heterocycles. The summed E-state index contributed by atoms with van der Waals surface area (Å²) < 4.78 is 0. The lowest BCUT2D eigenvalue weighted by atomic mass is 10.2. The zero-order chi connectivity index (χ0) is 17.0. The van der Waals surface area contributed by atoms with E-state index in [0.717, 1.165) is 9.75 Å². The van der Waals surface area contributed by atoms with Crippen molar-refractivity contribution in [2.24, 2.45) is 0 Å². The Kier molecular flexibility index (Phi) is 5.39. The number of rotatable bonds is 4. The van der Waals surface area contributed by atoms with Gasteiger partial charge in [0.05, 0.1) is 5.56 Å². The SMILES string of the molecule is Cc1cc(C(=O)Nc2ccc(NC(=O)NC(C)C)cc2)c(C)s1. The smallest absolute Gasteiger partial charge is 0.319 e. The van der Waals surface area contributed by atoms with Crippen molar-refractivity contribution in [2.45, 2.75) is 33.7 Å². The molecule has 0 aliphatic heterocycles. The maximum absolute atomic E-state index is 12.2. The number of aryl methyl sites for hydroxylation is 2. The number of urea groups is 1. The Bertz CT molecular complexity index is 705. The molecule has 0 aliphatic carbocycles. The van der Waals surface area contributed by atoms with Crippen LogP contribution >= 0.6 is 11.3 Å². The van der Waals surface area contributed by atoms with Crippen molar-refractivity contribution in [2.75, 3.05) is 10.6 Å². The Morgan fingerprint density at radius 1 is 1.00 bits per heavy atom. The van der Waals surface area contributed by atoms with Crippen molar-refractivity contribution >= 4 is 34.6 Å². The van der Waals surface area contributed by atoms with Crippen LogP contribution in [0.5, 0.6) is 0 Å². The number of carbonyl (C=O) groups is 2. The molecule has 6 heteroatoms. The Labute approximate surface area is 140 Å². The summed E-state index contributed by atoms with van der Waals surface area (Å²) in [6.45, 7) is 7.71. The quantitative estimate of drug-likeness (QED) is 0.788. The lowest BCUT2D eigenvalue weighted by molar-refractivity contribution is 0.102. The van der Waals surface area contributed by atoms with E-state index in [4.69, 9.17) is 0 Å². The lowest BCUT2D eigenvalue weighted by Crippen LogP contribution is -2.34. The van der Waals surface area contributed by atoms with Crippen molar-refractivity contribution in [3.05, 3.63) is 45.6 Å². The van der Waals surface area contributed by atoms with Gasteiger partial charge in [-0.1, -0.05) is 0 Å². The molecule has 2 rings (SSSR count). The lowest BCUT2D eigenvalue weighted by Gasteiger charge is -2.11. The standard InChI is InChI=1S/C17H21N3O2S/c1-10(2)18-17(22)20-14-7-5-13(6-8-14)19-16(21)15-9-11(3)23-12(15)4/h5-10H,1-4H3,(H,19,21)(H2,18,20,22). The molecule has 0 bridgehead atoms. The molecule has 0 radical (unpaired) electrons. The van der Waals surface area contributed by atoms with Crippen LogP contribution in [-0.2, 0) is 0 Å². The van der Waals surface area contributed by atoms with Gasteiger partial charge in [0.15, 0.2) is 0 Å². The molecule has 0 unspecified atom stereocenters. The van der Waals surface area contributed by atoms with Crippen molar-refractivity contribution < 1.29 is 9.59 Å². The fraction of sp³-hybridized carbons (Fsp3) is 0.294.